The van der Waals surface area contributed by atoms with Gasteiger partial charge in [-0.15, -0.1) is 0 Å². The van der Waals surface area contributed by atoms with E-state index < -0.39 is 23.9 Å². The third-order valence-electron chi connectivity index (χ3n) is 3.83. The summed E-state index contributed by atoms with van der Waals surface area (Å²) in [6, 6.07) is 2.67. The summed E-state index contributed by atoms with van der Waals surface area (Å²) in [5.41, 5.74) is 12.8. The molecule has 0 spiro atoms. The van der Waals surface area contributed by atoms with Crippen LogP contribution in [0, 0.1) is 11.8 Å². The smallest absolute Gasteiger partial charge is 0.372 e. The van der Waals surface area contributed by atoms with Gasteiger partial charge in [-0.1, -0.05) is 26.8 Å². The molecule has 1 aliphatic rings. The average Bonchev–Trinajstić information content (AvgIpc) is 3.03. The highest BCUT2D eigenvalue weighted by Gasteiger charge is 2.25. The van der Waals surface area contributed by atoms with Gasteiger partial charge in [-0.25, -0.2) is 19.4 Å². The summed E-state index contributed by atoms with van der Waals surface area (Å²) in [5.74, 6) is -0.740. The van der Waals surface area contributed by atoms with E-state index in [2.05, 4.69) is 9.78 Å². The van der Waals surface area contributed by atoms with Crippen LogP contribution >= 0.6 is 0 Å². The molecule has 2 unspecified atom stereocenters. The molecule has 4 N–H and O–H groups in total. The maximum Gasteiger partial charge on any atom is 0.372 e. The van der Waals surface area contributed by atoms with E-state index in [1.807, 2.05) is 13.8 Å². The van der Waals surface area contributed by atoms with E-state index in [9.17, 15) is 9.59 Å². The highest BCUT2D eigenvalue weighted by molar-refractivity contribution is 5.78. The number of nitrogen functional groups attached to an aromatic ring is 1. The Morgan fingerprint density at radius 1 is 1.16 bits per heavy atom. The maximum atomic E-state index is 12.0. The normalized spacial score (nSPS) is 14.9. The minimum absolute atomic E-state index is 0.118. The number of nitrogens with two attached hydrogens (primary N) is 2. The lowest BCUT2D eigenvalue weighted by Crippen LogP contribution is -2.34. The number of anilines is 1. The molecule has 1 aliphatic heterocycles. The second-order valence-electron chi connectivity index (χ2n) is 6.52. The molecule has 0 radical (unpaired) electrons. The first-order valence-corrected chi connectivity index (χ1v) is 8.14. The van der Waals surface area contributed by atoms with E-state index in [0.717, 1.165) is 5.56 Å². The summed E-state index contributed by atoms with van der Waals surface area (Å²) in [4.78, 5) is 32.8. The van der Waals surface area contributed by atoms with E-state index >= 15 is 0 Å². The first-order valence-electron chi connectivity index (χ1n) is 8.14. The Kier molecular flexibility index (Phi) is 6.08. The van der Waals surface area contributed by atoms with Crippen molar-refractivity contribution < 1.29 is 28.8 Å². The van der Waals surface area contributed by atoms with E-state index in [-0.39, 0.29) is 12.7 Å². The number of ether oxygens (including phenoxy) is 2. The van der Waals surface area contributed by atoms with Crippen LogP contribution in [0.1, 0.15) is 32.8 Å². The van der Waals surface area contributed by atoms with Crippen molar-refractivity contribution in [2.45, 2.75) is 39.7 Å². The van der Waals surface area contributed by atoms with Crippen LogP contribution in [0.4, 0.5) is 5.69 Å². The molecule has 25 heavy (non-hydrogen) atoms. The first-order chi connectivity index (χ1) is 11.8. The Labute approximate surface area is 146 Å². The third kappa shape index (κ3) is 4.76. The molecule has 1 heterocycles. The van der Waals surface area contributed by atoms with Crippen molar-refractivity contribution in [3.05, 3.63) is 17.7 Å². The Morgan fingerprint density at radius 2 is 1.84 bits per heavy atom. The van der Waals surface area contributed by atoms with Crippen LogP contribution in [-0.4, -0.2) is 24.8 Å². The molecule has 1 aromatic carbocycles. The topological polar surface area (TPSA) is 123 Å². The molecule has 0 bridgehead atoms. The Balaban J connectivity index is 1.88. The van der Waals surface area contributed by atoms with Crippen LogP contribution < -0.4 is 20.9 Å². The molecular formula is C17H24N2O6. The second kappa shape index (κ2) is 8.06. The van der Waals surface area contributed by atoms with Gasteiger partial charge in [-0.3, -0.25) is 0 Å². The quantitative estimate of drug-likeness (QED) is 0.449. The molecule has 0 saturated heterocycles. The van der Waals surface area contributed by atoms with Gasteiger partial charge in [0.25, 0.3) is 0 Å². The second-order valence-corrected chi connectivity index (χ2v) is 6.52. The highest BCUT2D eigenvalue weighted by atomic mass is 17.2. The van der Waals surface area contributed by atoms with Crippen molar-refractivity contribution >= 4 is 17.6 Å². The Bertz CT molecular complexity index is 646. The van der Waals surface area contributed by atoms with E-state index in [1.54, 1.807) is 19.1 Å². The molecule has 1 aromatic rings. The molecule has 2 rings (SSSR count). The fourth-order valence-corrected chi connectivity index (χ4v) is 2.46. The van der Waals surface area contributed by atoms with Crippen LogP contribution in [-0.2, 0) is 25.8 Å². The molecule has 2 atom stereocenters. The molecule has 0 fully saturated rings. The maximum absolute atomic E-state index is 12.0. The SMILES string of the molecule is CC(C)CC(N)C(=O)OOC(=O)C(C)Cc1ccc2c(c1N)OCO2. The van der Waals surface area contributed by atoms with Gasteiger partial charge in [0.1, 0.15) is 6.04 Å². The molecule has 0 aliphatic carbocycles. The first kappa shape index (κ1) is 18.9. The standard InChI is InChI=1S/C17H24N2O6/c1-9(2)6-12(18)17(21)25-24-16(20)10(3)7-11-4-5-13-15(14(11)19)23-8-22-13/h4-5,9-10,12H,6-8,18-19H2,1-3H3. The molecular weight excluding hydrogens is 328 g/mol. The van der Waals surface area contributed by atoms with Gasteiger partial charge in [0, 0.05) is 0 Å². The third-order valence-corrected chi connectivity index (χ3v) is 3.83. The fraction of sp³-hybridized carbons (Fsp3) is 0.529. The molecule has 8 heteroatoms. The van der Waals surface area contributed by atoms with Gasteiger partial charge in [0.2, 0.25) is 6.79 Å². The van der Waals surface area contributed by atoms with Crippen LogP contribution in [0.25, 0.3) is 0 Å². The van der Waals surface area contributed by atoms with E-state index in [4.69, 9.17) is 20.9 Å². The highest BCUT2D eigenvalue weighted by Crippen LogP contribution is 2.40. The Hall–Kier alpha value is -2.48. The predicted molar refractivity (Wildman–Crippen MR) is 89.5 cm³/mol. The van der Waals surface area contributed by atoms with Crippen molar-refractivity contribution in [3.8, 4) is 11.5 Å². The summed E-state index contributed by atoms with van der Waals surface area (Å²) in [7, 11) is 0. The van der Waals surface area contributed by atoms with Crippen molar-refractivity contribution in [1.29, 1.82) is 0 Å². The van der Waals surface area contributed by atoms with E-state index in [1.165, 1.54) is 0 Å². The lowest BCUT2D eigenvalue weighted by atomic mass is 9.99. The average molecular weight is 352 g/mol. The van der Waals surface area contributed by atoms with Gasteiger partial charge in [0.05, 0.1) is 11.6 Å². The van der Waals surface area contributed by atoms with Crippen molar-refractivity contribution in [2.75, 3.05) is 12.5 Å². The largest absolute Gasteiger partial charge is 0.454 e. The summed E-state index contributed by atoms with van der Waals surface area (Å²) < 4.78 is 10.5. The van der Waals surface area contributed by atoms with Crippen LogP contribution in [0.15, 0.2) is 12.1 Å². The molecule has 0 amide bonds. The van der Waals surface area contributed by atoms with Crippen molar-refractivity contribution in [1.82, 2.24) is 0 Å². The number of benzene rings is 1. The summed E-state index contributed by atoms with van der Waals surface area (Å²) in [6.07, 6.45) is 0.747. The fourth-order valence-electron chi connectivity index (χ4n) is 2.46. The molecule has 8 nitrogen and oxygen atoms in total. The van der Waals surface area contributed by atoms with Crippen LogP contribution in [0.2, 0.25) is 0 Å². The molecule has 138 valence electrons. The summed E-state index contributed by atoms with van der Waals surface area (Å²) in [6.45, 7) is 5.62. The number of fused-ring (bicyclic) bond motifs is 1. The zero-order valence-electron chi connectivity index (χ0n) is 14.6. The summed E-state index contributed by atoms with van der Waals surface area (Å²) >= 11 is 0. The monoisotopic (exact) mass is 352 g/mol. The van der Waals surface area contributed by atoms with Crippen LogP contribution in [0.3, 0.4) is 0 Å². The number of rotatable bonds is 6. The van der Waals surface area contributed by atoms with Gasteiger partial charge in [0.15, 0.2) is 11.5 Å². The Morgan fingerprint density at radius 3 is 2.52 bits per heavy atom. The summed E-state index contributed by atoms with van der Waals surface area (Å²) in [5, 5.41) is 0. The van der Waals surface area contributed by atoms with Gasteiger partial charge in [-0.2, -0.15) is 0 Å². The predicted octanol–water partition coefficient (Wildman–Crippen LogP) is 1.55. The van der Waals surface area contributed by atoms with E-state index in [0.29, 0.717) is 30.0 Å². The van der Waals surface area contributed by atoms with Gasteiger partial charge >= 0.3 is 11.9 Å². The molecule has 0 aromatic heterocycles. The van der Waals surface area contributed by atoms with Crippen molar-refractivity contribution in [3.63, 3.8) is 0 Å². The lowest BCUT2D eigenvalue weighted by molar-refractivity contribution is -0.263. The van der Waals surface area contributed by atoms with Crippen molar-refractivity contribution in [2.24, 2.45) is 17.6 Å². The van der Waals surface area contributed by atoms with Gasteiger partial charge < -0.3 is 20.9 Å². The zero-order chi connectivity index (χ0) is 18.6. The molecule has 0 saturated carbocycles. The minimum Gasteiger partial charge on any atom is -0.454 e. The van der Waals surface area contributed by atoms with Gasteiger partial charge in [-0.05, 0) is 30.4 Å². The number of hydrogen-bond acceptors (Lipinski definition) is 8. The number of carbonyl (C=O) groups excluding carboxylic acids is 2. The zero-order valence-corrected chi connectivity index (χ0v) is 14.6. The minimum atomic E-state index is -0.826. The van der Waals surface area contributed by atoms with Crippen LogP contribution in [0.5, 0.6) is 11.5 Å². The number of hydrogen-bond donors (Lipinski definition) is 2. The number of carbonyl (C=O) groups is 2. The lowest BCUT2D eigenvalue weighted by Gasteiger charge is -2.14.